The van der Waals surface area contributed by atoms with Gasteiger partial charge in [-0.05, 0) is 30.7 Å². The van der Waals surface area contributed by atoms with Crippen LogP contribution in [0.15, 0.2) is 47.8 Å². The average molecular weight is 377 g/mol. The molecule has 2 aromatic carbocycles. The summed E-state index contributed by atoms with van der Waals surface area (Å²) in [5.74, 6) is -0.0839. The number of para-hydroxylation sites is 1. The standard InChI is InChI=1S/C18H14Cl2N2OS/c1-11-4-2-3-5-15(11)21-17(23)9-18-22-16(10-24-18)12-6-7-13(19)14(20)8-12/h2-8,10H,9H2,1H3,(H,21,23). The highest BCUT2D eigenvalue weighted by atomic mass is 35.5. The van der Waals surface area contributed by atoms with E-state index in [1.807, 2.05) is 42.6 Å². The summed E-state index contributed by atoms with van der Waals surface area (Å²) in [6.45, 7) is 1.96. The fourth-order valence-electron chi connectivity index (χ4n) is 2.23. The Kier molecular flexibility index (Phi) is 5.19. The molecule has 0 aliphatic heterocycles. The lowest BCUT2D eigenvalue weighted by Gasteiger charge is -2.06. The number of hydrogen-bond acceptors (Lipinski definition) is 3. The van der Waals surface area contributed by atoms with Gasteiger partial charge in [0.05, 0.1) is 22.2 Å². The van der Waals surface area contributed by atoms with Crippen LogP contribution in [0.25, 0.3) is 11.3 Å². The van der Waals surface area contributed by atoms with Crippen LogP contribution in [-0.4, -0.2) is 10.9 Å². The van der Waals surface area contributed by atoms with Crippen molar-refractivity contribution in [3.05, 3.63) is 68.5 Å². The third-order valence-corrected chi connectivity index (χ3v) is 5.09. The SMILES string of the molecule is Cc1ccccc1NC(=O)Cc1nc(-c2ccc(Cl)c(Cl)c2)cs1. The second-order valence-corrected chi connectivity index (χ2v) is 7.05. The number of carbonyl (C=O) groups is 1. The summed E-state index contributed by atoms with van der Waals surface area (Å²) in [6, 6.07) is 13.1. The van der Waals surface area contributed by atoms with Crippen molar-refractivity contribution in [2.45, 2.75) is 13.3 Å². The molecule has 1 N–H and O–H groups in total. The molecule has 0 atom stereocenters. The van der Waals surface area contributed by atoms with E-state index in [1.165, 1.54) is 11.3 Å². The number of aromatic nitrogens is 1. The Bertz CT molecular complexity index is 892. The van der Waals surface area contributed by atoms with Gasteiger partial charge in [-0.25, -0.2) is 4.98 Å². The first kappa shape index (κ1) is 17.0. The number of aryl methyl sites for hydroxylation is 1. The predicted octanol–water partition coefficient (Wildman–Crippen LogP) is 5.61. The number of benzene rings is 2. The number of rotatable bonds is 4. The molecular weight excluding hydrogens is 363 g/mol. The number of nitrogens with one attached hydrogen (secondary N) is 1. The molecule has 3 nitrogen and oxygen atoms in total. The van der Waals surface area contributed by atoms with Gasteiger partial charge >= 0.3 is 0 Å². The van der Waals surface area contributed by atoms with Crippen LogP contribution < -0.4 is 5.32 Å². The van der Waals surface area contributed by atoms with Crippen molar-refractivity contribution in [3.8, 4) is 11.3 Å². The maximum atomic E-state index is 12.2. The summed E-state index contributed by atoms with van der Waals surface area (Å²) in [7, 11) is 0. The van der Waals surface area contributed by atoms with E-state index < -0.39 is 0 Å². The lowest BCUT2D eigenvalue weighted by Crippen LogP contribution is -2.14. The van der Waals surface area contributed by atoms with Crippen LogP contribution in [0.1, 0.15) is 10.6 Å². The Morgan fingerprint density at radius 3 is 2.71 bits per heavy atom. The number of anilines is 1. The van der Waals surface area contributed by atoms with Gasteiger partial charge in [0.25, 0.3) is 0 Å². The Morgan fingerprint density at radius 1 is 1.17 bits per heavy atom. The quantitative estimate of drug-likeness (QED) is 0.642. The molecule has 0 radical (unpaired) electrons. The van der Waals surface area contributed by atoms with Gasteiger partial charge < -0.3 is 5.32 Å². The second-order valence-electron chi connectivity index (χ2n) is 5.30. The number of hydrogen-bond donors (Lipinski definition) is 1. The van der Waals surface area contributed by atoms with Gasteiger partial charge in [-0.1, -0.05) is 47.5 Å². The zero-order valence-corrected chi connectivity index (χ0v) is 15.2. The van der Waals surface area contributed by atoms with E-state index in [4.69, 9.17) is 23.2 Å². The highest BCUT2D eigenvalue weighted by molar-refractivity contribution is 7.10. The van der Waals surface area contributed by atoms with Crippen LogP contribution in [0.3, 0.4) is 0 Å². The molecule has 6 heteroatoms. The molecule has 0 aliphatic rings. The van der Waals surface area contributed by atoms with E-state index in [-0.39, 0.29) is 12.3 Å². The van der Waals surface area contributed by atoms with Crippen molar-refractivity contribution in [2.75, 3.05) is 5.32 Å². The highest BCUT2D eigenvalue weighted by Crippen LogP contribution is 2.29. The molecule has 3 rings (SSSR count). The van der Waals surface area contributed by atoms with E-state index in [9.17, 15) is 4.79 Å². The predicted molar refractivity (Wildman–Crippen MR) is 101 cm³/mol. The molecule has 122 valence electrons. The van der Waals surface area contributed by atoms with Crippen LogP contribution in [0.2, 0.25) is 10.0 Å². The van der Waals surface area contributed by atoms with Gasteiger partial charge in [0.1, 0.15) is 5.01 Å². The van der Waals surface area contributed by atoms with E-state index in [2.05, 4.69) is 10.3 Å². The second kappa shape index (κ2) is 7.34. The van der Waals surface area contributed by atoms with E-state index in [0.29, 0.717) is 10.0 Å². The summed E-state index contributed by atoms with van der Waals surface area (Å²) < 4.78 is 0. The topological polar surface area (TPSA) is 42.0 Å². The summed E-state index contributed by atoms with van der Waals surface area (Å²) in [6.07, 6.45) is 0.236. The number of amides is 1. The Labute approximate surface area is 154 Å². The van der Waals surface area contributed by atoms with E-state index in [1.54, 1.807) is 12.1 Å². The van der Waals surface area contributed by atoms with Gasteiger partial charge in [-0.15, -0.1) is 11.3 Å². The Hall–Kier alpha value is -1.88. The number of carbonyl (C=O) groups excluding carboxylic acids is 1. The Balaban J connectivity index is 1.70. The smallest absolute Gasteiger partial charge is 0.231 e. The zero-order chi connectivity index (χ0) is 17.1. The third kappa shape index (κ3) is 3.96. The molecule has 0 bridgehead atoms. The fourth-order valence-corrected chi connectivity index (χ4v) is 3.33. The summed E-state index contributed by atoms with van der Waals surface area (Å²) in [5, 5.41) is 6.57. The molecule has 0 spiro atoms. The van der Waals surface area contributed by atoms with Crippen molar-refractivity contribution in [1.29, 1.82) is 0 Å². The van der Waals surface area contributed by atoms with Gasteiger partial charge in [-0.2, -0.15) is 0 Å². The van der Waals surface area contributed by atoms with Gasteiger partial charge in [0.2, 0.25) is 5.91 Å². The molecule has 1 aromatic heterocycles. The molecule has 1 heterocycles. The Morgan fingerprint density at radius 2 is 1.96 bits per heavy atom. The van der Waals surface area contributed by atoms with Crippen LogP contribution >= 0.6 is 34.5 Å². The minimum atomic E-state index is -0.0839. The number of halogens is 2. The van der Waals surface area contributed by atoms with Gasteiger partial charge in [0.15, 0.2) is 0 Å². The number of thiazole rings is 1. The minimum absolute atomic E-state index is 0.0839. The van der Waals surface area contributed by atoms with Gasteiger partial charge in [0, 0.05) is 16.6 Å². The van der Waals surface area contributed by atoms with Crippen molar-refractivity contribution in [3.63, 3.8) is 0 Å². The maximum Gasteiger partial charge on any atom is 0.231 e. The monoisotopic (exact) mass is 376 g/mol. The van der Waals surface area contributed by atoms with Crippen LogP contribution in [0, 0.1) is 6.92 Å². The summed E-state index contributed by atoms with van der Waals surface area (Å²) in [4.78, 5) is 16.7. The molecule has 0 saturated carbocycles. The highest BCUT2D eigenvalue weighted by Gasteiger charge is 2.11. The van der Waals surface area contributed by atoms with Crippen LogP contribution in [-0.2, 0) is 11.2 Å². The molecule has 0 fully saturated rings. The molecule has 24 heavy (non-hydrogen) atoms. The lowest BCUT2D eigenvalue weighted by molar-refractivity contribution is -0.115. The molecule has 1 amide bonds. The average Bonchev–Trinajstić information content (AvgIpc) is 3.00. The minimum Gasteiger partial charge on any atom is -0.325 e. The molecular formula is C18H14Cl2N2OS. The maximum absolute atomic E-state index is 12.2. The van der Waals surface area contributed by atoms with E-state index in [0.717, 1.165) is 27.5 Å². The fraction of sp³-hybridized carbons (Fsp3) is 0.111. The third-order valence-electron chi connectivity index (χ3n) is 3.50. The van der Waals surface area contributed by atoms with Crippen molar-refractivity contribution < 1.29 is 4.79 Å². The van der Waals surface area contributed by atoms with Crippen LogP contribution in [0.5, 0.6) is 0 Å². The zero-order valence-electron chi connectivity index (χ0n) is 12.8. The molecule has 0 unspecified atom stereocenters. The molecule has 0 aliphatic carbocycles. The van der Waals surface area contributed by atoms with E-state index >= 15 is 0 Å². The summed E-state index contributed by atoms with van der Waals surface area (Å²) >= 11 is 13.4. The van der Waals surface area contributed by atoms with Gasteiger partial charge in [-0.3, -0.25) is 4.79 Å². The largest absolute Gasteiger partial charge is 0.325 e. The molecule has 0 saturated heterocycles. The summed E-state index contributed by atoms with van der Waals surface area (Å²) in [5.41, 5.74) is 3.52. The molecule has 3 aromatic rings. The van der Waals surface area contributed by atoms with Crippen molar-refractivity contribution in [1.82, 2.24) is 4.98 Å². The first-order chi connectivity index (χ1) is 11.5. The first-order valence-electron chi connectivity index (χ1n) is 7.28. The van der Waals surface area contributed by atoms with Crippen LogP contribution in [0.4, 0.5) is 5.69 Å². The normalized spacial score (nSPS) is 10.6. The lowest BCUT2D eigenvalue weighted by atomic mass is 10.2. The first-order valence-corrected chi connectivity index (χ1v) is 8.92. The number of nitrogens with zero attached hydrogens (tertiary/aromatic N) is 1. The van der Waals surface area contributed by atoms with Crippen molar-refractivity contribution >= 4 is 46.1 Å². The van der Waals surface area contributed by atoms with Crippen molar-refractivity contribution in [2.24, 2.45) is 0 Å².